The third kappa shape index (κ3) is 2.62. The molecule has 2 aliphatic rings. The van der Waals surface area contributed by atoms with Gasteiger partial charge in [-0.2, -0.15) is 0 Å². The monoisotopic (exact) mass is 266 g/mol. The van der Waals surface area contributed by atoms with E-state index in [2.05, 4.69) is 5.32 Å². The van der Waals surface area contributed by atoms with Crippen LogP contribution in [0, 0.1) is 11.8 Å². The number of hydrogen-bond donors (Lipinski definition) is 2. The van der Waals surface area contributed by atoms with Gasteiger partial charge in [-0.05, 0) is 19.8 Å². The maximum absolute atomic E-state index is 12.5. The Hall–Kier alpha value is -1.85. The molecule has 19 heavy (non-hydrogen) atoms. The fourth-order valence-electron chi connectivity index (χ4n) is 2.66. The van der Waals surface area contributed by atoms with Crippen LogP contribution < -0.4 is 5.32 Å². The van der Waals surface area contributed by atoms with Crippen molar-refractivity contribution < 1.29 is 19.5 Å². The highest BCUT2D eigenvalue weighted by atomic mass is 16.4. The van der Waals surface area contributed by atoms with Crippen molar-refractivity contribution in [2.75, 3.05) is 13.1 Å². The van der Waals surface area contributed by atoms with Gasteiger partial charge in [0.2, 0.25) is 11.8 Å². The van der Waals surface area contributed by atoms with Crippen molar-refractivity contribution in [3.05, 3.63) is 12.2 Å². The lowest BCUT2D eigenvalue weighted by Crippen LogP contribution is -2.58. The molecule has 1 heterocycles. The van der Waals surface area contributed by atoms with Gasteiger partial charge in [0.15, 0.2) is 0 Å². The van der Waals surface area contributed by atoms with Gasteiger partial charge in [-0.15, -0.1) is 0 Å². The van der Waals surface area contributed by atoms with Gasteiger partial charge in [0.1, 0.15) is 6.04 Å². The Morgan fingerprint density at radius 3 is 2.58 bits per heavy atom. The molecule has 1 fully saturated rings. The van der Waals surface area contributed by atoms with E-state index in [0.29, 0.717) is 25.9 Å². The molecule has 0 bridgehead atoms. The van der Waals surface area contributed by atoms with Gasteiger partial charge >= 0.3 is 5.97 Å². The van der Waals surface area contributed by atoms with E-state index in [1.165, 1.54) is 4.90 Å². The molecule has 0 saturated carbocycles. The zero-order valence-electron chi connectivity index (χ0n) is 10.8. The van der Waals surface area contributed by atoms with Crippen molar-refractivity contribution >= 4 is 17.8 Å². The molecule has 2 N–H and O–H groups in total. The predicted octanol–water partition coefficient (Wildman–Crippen LogP) is 0.000300. The maximum Gasteiger partial charge on any atom is 0.307 e. The van der Waals surface area contributed by atoms with Gasteiger partial charge in [0.05, 0.1) is 11.8 Å². The zero-order chi connectivity index (χ0) is 14.0. The number of hydrogen-bond acceptors (Lipinski definition) is 3. The van der Waals surface area contributed by atoms with Gasteiger partial charge in [0, 0.05) is 13.1 Å². The Labute approximate surface area is 111 Å². The van der Waals surface area contributed by atoms with Crippen molar-refractivity contribution in [3.63, 3.8) is 0 Å². The Morgan fingerprint density at radius 1 is 1.32 bits per heavy atom. The molecular weight excluding hydrogens is 248 g/mol. The van der Waals surface area contributed by atoms with Crippen LogP contribution in [0.5, 0.6) is 0 Å². The summed E-state index contributed by atoms with van der Waals surface area (Å²) in [5.74, 6) is -2.60. The summed E-state index contributed by atoms with van der Waals surface area (Å²) < 4.78 is 0. The topological polar surface area (TPSA) is 86.7 Å². The smallest absolute Gasteiger partial charge is 0.307 e. The first-order valence-corrected chi connectivity index (χ1v) is 6.48. The summed E-state index contributed by atoms with van der Waals surface area (Å²) >= 11 is 0. The van der Waals surface area contributed by atoms with E-state index < -0.39 is 23.8 Å². The number of allylic oxidation sites excluding steroid dienone is 2. The van der Waals surface area contributed by atoms with E-state index in [1.807, 2.05) is 6.08 Å². The van der Waals surface area contributed by atoms with Crippen LogP contribution in [0.1, 0.15) is 19.8 Å². The number of nitrogens with one attached hydrogen (secondary N) is 1. The first-order chi connectivity index (χ1) is 9.02. The third-order valence-corrected chi connectivity index (χ3v) is 3.85. The summed E-state index contributed by atoms with van der Waals surface area (Å²) in [7, 11) is 0. The standard InChI is InChI=1S/C13H18N2O4/c1-8-11(16)14-6-7-15(8)12(17)9-4-2-3-5-10(9)13(18)19/h2-3,8-10H,4-7H2,1H3,(H,14,16)(H,18,19). The third-order valence-electron chi connectivity index (χ3n) is 3.85. The van der Waals surface area contributed by atoms with Crippen LogP contribution in [0.2, 0.25) is 0 Å². The number of amides is 2. The summed E-state index contributed by atoms with van der Waals surface area (Å²) in [6, 6.07) is -0.526. The summed E-state index contributed by atoms with van der Waals surface area (Å²) in [6.45, 7) is 2.54. The Balaban J connectivity index is 2.15. The van der Waals surface area contributed by atoms with Crippen molar-refractivity contribution in [1.29, 1.82) is 0 Å². The molecule has 2 rings (SSSR count). The second-order valence-electron chi connectivity index (χ2n) is 4.99. The SMILES string of the molecule is CC1C(=O)NCCN1C(=O)C1CC=CCC1C(=O)O. The van der Waals surface area contributed by atoms with Gasteiger partial charge in [0.25, 0.3) is 0 Å². The number of carboxylic acids is 1. The van der Waals surface area contributed by atoms with Crippen LogP contribution in [-0.4, -0.2) is 46.9 Å². The first-order valence-electron chi connectivity index (χ1n) is 6.48. The van der Waals surface area contributed by atoms with E-state index in [4.69, 9.17) is 0 Å². The molecule has 0 spiro atoms. The van der Waals surface area contributed by atoms with Crippen molar-refractivity contribution in [3.8, 4) is 0 Å². The molecular formula is C13H18N2O4. The number of carbonyl (C=O) groups is 3. The summed E-state index contributed by atoms with van der Waals surface area (Å²) in [5, 5.41) is 11.9. The summed E-state index contributed by atoms with van der Waals surface area (Å²) in [5.41, 5.74) is 0. The van der Waals surface area contributed by atoms with Crippen molar-refractivity contribution in [2.24, 2.45) is 11.8 Å². The molecule has 1 saturated heterocycles. The highest BCUT2D eigenvalue weighted by Gasteiger charge is 2.39. The minimum atomic E-state index is -0.947. The number of nitrogens with zero attached hydrogens (tertiary/aromatic N) is 1. The molecule has 3 unspecified atom stereocenters. The second kappa shape index (κ2) is 5.42. The van der Waals surface area contributed by atoms with Gasteiger partial charge < -0.3 is 15.3 Å². The van der Waals surface area contributed by atoms with Crippen LogP contribution in [0.4, 0.5) is 0 Å². The molecule has 0 aromatic rings. The van der Waals surface area contributed by atoms with Crippen LogP contribution in [0.25, 0.3) is 0 Å². The normalized spacial score (nSPS) is 30.9. The fourth-order valence-corrected chi connectivity index (χ4v) is 2.66. The molecule has 2 amide bonds. The van der Waals surface area contributed by atoms with Crippen molar-refractivity contribution in [2.45, 2.75) is 25.8 Å². The summed E-state index contributed by atoms with van der Waals surface area (Å²) in [4.78, 5) is 36.8. The maximum atomic E-state index is 12.5. The number of piperazine rings is 1. The molecule has 1 aliphatic carbocycles. The van der Waals surface area contributed by atoms with Crippen LogP contribution in [0.3, 0.4) is 0 Å². The first kappa shape index (κ1) is 13.6. The highest BCUT2D eigenvalue weighted by Crippen LogP contribution is 2.28. The van der Waals surface area contributed by atoms with Crippen LogP contribution in [0.15, 0.2) is 12.2 Å². The van der Waals surface area contributed by atoms with E-state index in [0.717, 1.165) is 0 Å². The van der Waals surface area contributed by atoms with Crippen LogP contribution >= 0.6 is 0 Å². The summed E-state index contributed by atoms with van der Waals surface area (Å²) in [6.07, 6.45) is 4.45. The molecule has 1 aliphatic heterocycles. The minimum Gasteiger partial charge on any atom is -0.481 e. The lowest BCUT2D eigenvalue weighted by atomic mass is 9.81. The van der Waals surface area contributed by atoms with E-state index in [1.54, 1.807) is 13.0 Å². The van der Waals surface area contributed by atoms with Gasteiger partial charge in [-0.1, -0.05) is 12.2 Å². The predicted molar refractivity (Wildman–Crippen MR) is 67.2 cm³/mol. The number of carbonyl (C=O) groups excluding carboxylic acids is 2. The Morgan fingerprint density at radius 2 is 1.95 bits per heavy atom. The zero-order valence-corrected chi connectivity index (χ0v) is 10.8. The molecule has 6 heteroatoms. The second-order valence-corrected chi connectivity index (χ2v) is 4.99. The molecule has 0 aromatic carbocycles. The average molecular weight is 266 g/mol. The average Bonchev–Trinajstić information content (AvgIpc) is 2.41. The fraction of sp³-hybridized carbons (Fsp3) is 0.615. The van der Waals surface area contributed by atoms with E-state index >= 15 is 0 Å². The molecule has 6 nitrogen and oxygen atoms in total. The Bertz CT molecular complexity index is 432. The number of rotatable bonds is 2. The van der Waals surface area contributed by atoms with Gasteiger partial charge in [-0.3, -0.25) is 14.4 Å². The molecule has 0 radical (unpaired) electrons. The van der Waals surface area contributed by atoms with Crippen LogP contribution in [-0.2, 0) is 14.4 Å². The minimum absolute atomic E-state index is 0.183. The largest absolute Gasteiger partial charge is 0.481 e. The quantitative estimate of drug-likeness (QED) is 0.689. The van der Waals surface area contributed by atoms with Gasteiger partial charge in [-0.25, -0.2) is 0 Å². The van der Waals surface area contributed by atoms with E-state index in [9.17, 15) is 19.5 Å². The van der Waals surface area contributed by atoms with E-state index in [-0.39, 0.29) is 11.8 Å². The van der Waals surface area contributed by atoms with Crippen molar-refractivity contribution in [1.82, 2.24) is 10.2 Å². The lowest BCUT2D eigenvalue weighted by molar-refractivity contribution is -0.153. The molecule has 104 valence electrons. The number of carboxylic acid groups (broad SMARTS) is 1. The molecule has 0 aromatic heterocycles. The lowest BCUT2D eigenvalue weighted by Gasteiger charge is -2.37. The Kier molecular flexibility index (Phi) is 3.87. The highest BCUT2D eigenvalue weighted by molar-refractivity contribution is 5.91. The molecule has 3 atom stereocenters. The number of aliphatic carboxylic acids is 1.